The summed E-state index contributed by atoms with van der Waals surface area (Å²) in [5.74, 6) is 0.505. The van der Waals surface area contributed by atoms with Gasteiger partial charge in [-0.2, -0.15) is 0 Å². The van der Waals surface area contributed by atoms with Gasteiger partial charge in [-0.3, -0.25) is 9.59 Å². The van der Waals surface area contributed by atoms with Crippen LogP contribution in [0.25, 0.3) is 11.3 Å². The maximum Gasteiger partial charge on any atom is 0.253 e. The molecule has 154 valence electrons. The molecule has 1 saturated heterocycles. The van der Waals surface area contributed by atoms with E-state index in [-0.39, 0.29) is 11.8 Å². The zero-order valence-corrected chi connectivity index (χ0v) is 17.2. The summed E-state index contributed by atoms with van der Waals surface area (Å²) in [6.07, 6.45) is 0.968. The molecule has 30 heavy (non-hydrogen) atoms. The van der Waals surface area contributed by atoms with E-state index in [0.29, 0.717) is 37.3 Å². The molecule has 0 spiro atoms. The molecule has 1 atom stereocenters. The molecule has 0 saturated carbocycles. The molecule has 6 nitrogen and oxygen atoms in total. The predicted molar refractivity (Wildman–Crippen MR) is 114 cm³/mol. The number of nitrogens with one attached hydrogen (secondary N) is 1. The van der Waals surface area contributed by atoms with Gasteiger partial charge in [0, 0.05) is 43.8 Å². The molecule has 1 aliphatic heterocycles. The molecule has 2 aromatic carbocycles. The van der Waals surface area contributed by atoms with Crippen LogP contribution in [-0.4, -0.2) is 42.0 Å². The van der Waals surface area contributed by atoms with Crippen LogP contribution in [0.5, 0.6) is 0 Å². The minimum Gasteiger partial charge on any atom is -0.361 e. The molecular formula is C24H25N3O3. The van der Waals surface area contributed by atoms with Crippen LogP contribution in [0.15, 0.2) is 65.2 Å². The van der Waals surface area contributed by atoms with Gasteiger partial charge in [-0.1, -0.05) is 47.6 Å². The average molecular weight is 403 g/mol. The second-order valence-electron chi connectivity index (χ2n) is 7.87. The van der Waals surface area contributed by atoms with E-state index >= 15 is 0 Å². The number of aromatic nitrogens is 1. The van der Waals surface area contributed by atoms with Crippen LogP contribution in [0.3, 0.4) is 0 Å². The number of hydrogen-bond donors (Lipinski definition) is 1. The Morgan fingerprint density at radius 1 is 1.13 bits per heavy atom. The van der Waals surface area contributed by atoms with Crippen LogP contribution in [0.4, 0.5) is 0 Å². The molecule has 2 amide bonds. The van der Waals surface area contributed by atoms with Crippen molar-refractivity contribution in [1.29, 1.82) is 0 Å². The lowest BCUT2D eigenvalue weighted by molar-refractivity contribution is -0.130. The fourth-order valence-electron chi connectivity index (χ4n) is 4.20. The normalized spacial score (nSPS) is 18.4. The zero-order valence-electron chi connectivity index (χ0n) is 17.2. The van der Waals surface area contributed by atoms with E-state index in [4.69, 9.17) is 4.52 Å². The summed E-state index contributed by atoms with van der Waals surface area (Å²) in [4.78, 5) is 27.5. The van der Waals surface area contributed by atoms with Gasteiger partial charge in [0.15, 0.2) is 0 Å². The van der Waals surface area contributed by atoms with Gasteiger partial charge in [0.05, 0.1) is 5.41 Å². The Morgan fingerprint density at radius 2 is 1.87 bits per heavy atom. The smallest absolute Gasteiger partial charge is 0.253 e. The van der Waals surface area contributed by atoms with Gasteiger partial charge in [-0.15, -0.1) is 0 Å². The molecule has 1 N–H and O–H groups in total. The fourth-order valence-corrected chi connectivity index (χ4v) is 4.20. The summed E-state index contributed by atoms with van der Waals surface area (Å²) < 4.78 is 5.60. The quantitative estimate of drug-likeness (QED) is 0.708. The lowest BCUT2D eigenvalue weighted by Gasteiger charge is -2.26. The third-order valence-corrected chi connectivity index (χ3v) is 5.86. The maximum atomic E-state index is 12.9. The van der Waals surface area contributed by atoms with E-state index in [9.17, 15) is 9.59 Å². The molecular weight excluding hydrogens is 378 g/mol. The molecule has 6 heteroatoms. The van der Waals surface area contributed by atoms with E-state index in [1.54, 1.807) is 24.1 Å². The highest BCUT2D eigenvalue weighted by Crippen LogP contribution is 2.36. The summed E-state index contributed by atoms with van der Waals surface area (Å²) >= 11 is 0. The standard InChI is InChI=1S/C24H25N3O3/c1-17-8-6-7-11-20(17)21-14-19(30-26-21)15-24(23(29)25-2)12-13-27(16-24)22(28)18-9-4-3-5-10-18/h3-11,14H,12-13,15-16H2,1-2H3,(H,25,29). The number of nitrogens with zero attached hydrogens (tertiary/aromatic N) is 2. The average Bonchev–Trinajstić information content (AvgIpc) is 3.42. The number of amides is 2. The number of carbonyl (C=O) groups excluding carboxylic acids is 2. The third-order valence-electron chi connectivity index (χ3n) is 5.86. The maximum absolute atomic E-state index is 12.9. The topological polar surface area (TPSA) is 75.4 Å². The summed E-state index contributed by atoms with van der Waals surface area (Å²) in [6, 6.07) is 19.0. The van der Waals surface area contributed by atoms with Crippen LogP contribution < -0.4 is 5.32 Å². The molecule has 2 heterocycles. The summed E-state index contributed by atoms with van der Waals surface area (Å²) in [5.41, 5.74) is 2.77. The van der Waals surface area contributed by atoms with Crippen molar-refractivity contribution < 1.29 is 14.1 Å². The highest BCUT2D eigenvalue weighted by Gasteiger charge is 2.46. The van der Waals surface area contributed by atoms with Gasteiger partial charge in [0.25, 0.3) is 5.91 Å². The van der Waals surface area contributed by atoms with Crippen LogP contribution >= 0.6 is 0 Å². The first kappa shape index (κ1) is 19.9. The molecule has 1 aliphatic rings. The molecule has 0 radical (unpaired) electrons. The third kappa shape index (κ3) is 3.73. The zero-order chi connectivity index (χ0) is 21.1. The van der Waals surface area contributed by atoms with Crippen molar-refractivity contribution in [3.8, 4) is 11.3 Å². The SMILES string of the molecule is CNC(=O)C1(Cc2cc(-c3ccccc3C)no2)CCN(C(=O)c2ccccc2)C1. The van der Waals surface area contributed by atoms with Crippen molar-refractivity contribution in [2.24, 2.45) is 5.41 Å². The summed E-state index contributed by atoms with van der Waals surface area (Å²) in [5, 5.41) is 7.00. The van der Waals surface area contributed by atoms with Crippen LogP contribution in [0, 0.1) is 12.3 Å². The molecule has 1 aromatic heterocycles. The number of benzene rings is 2. The number of rotatable bonds is 5. The molecule has 1 fully saturated rings. The van der Waals surface area contributed by atoms with Crippen molar-refractivity contribution in [2.75, 3.05) is 20.1 Å². The van der Waals surface area contributed by atoms with Crippen molar-refractivity contribution in [3.05, 3.63) is 77.6 Å². The van der Waals surface area contributed by atoms with Crippen molar-refractivity contribution in [2.45, 2.75) is 19.8 Å². The monoisotopic (exact) mass is 403 g/mol. The predicted octanol–water partition coefficient (Wildman–Crippen LogP) is 3.47. The minimum absolute atomic E-state index is 0.0560. The first-order chi connectivity index (χ1) is 14.5. The fraction of sp³-hybridized carbons (Fsp3) is 0.292. The Morgan fingerprint density at radius 3 is 2.60 bits per heavy atom. The molecule has 1 unspecified atom stereocenters. The van der Waals surface area contributed by atoms with Gasteiger partial charge in [0.2, 0.25) is 5.91 Å². The second kappa shape index (κ2) is 8.14. The molecule has 0 bridgehead atoms. The highest BCUT2D eigenvalue weighted by atomic mass is 16.5. The van der Waals surface area contributed by atoms with Crippen LogP contribution in [-0.2, 0) is 11.2 Å². The van der Waals surface area contributed by atoms with Crippen LogP contribution in [0.2, 0.25) is 0 Å². The highest BCUT2D eigenvalue weighted by molar-refractivity contribution is 5.95. The largest absolute Gasteiger partial charge is 0.361 e. The van der Waals surface area contributed by atoms with Gasteiger partial charge in [-0.05, 0) is 31.0 Å². The first-order valence-corrected chi connectivity index (χ1v) is 10.1. The number of carbonyl (C=O) groups is 2. The Balaban J connectivity index is 1.57. The lowest BCUT2D eigenvalue weighted by atomic mass is 9.81. The summed E-state index contributed by atoms with van der Waals surface area (Å²) in [7, 11) is 1.63. The Kier molecular flexibility index (Phi) is 5.40. The van der Waals surface area contributed by atoms with Crippen molar-refractivity contribution >= 4 is 11.8 Å². The van der Waals surface area contributed by atoms with Gasteiger partial charge in [-0.25, -0.2) is 0 Å². The van der Waals surface area contributed by atoms with Gasteiger partial charge < -0.3 is 14.7 Å². The van der Waals surface area contributed by atoms with E-state index in [1.807, 2.05) is 55.5 Å². The van der Waals surface area contributed by atoms with E-state index in [1.165, 1.54) is 0 Å². The van der Waals surface area contributed by atoms with Crippen molar-refractivity contribution in [1.82, 2.24) is 15.4 Å². The van der Waals surface area contributed by atoms with Crippen LogP contribution in [0.1, 0.15) is 28.1 Å². The van der Waals surface area contributed by atoms with E-state index in [0.717, 1.165) is 16.8 Å². The van der Waals surface area contributed by atoms with Gasteiger partial charge >= 0.3 is 0 Å². The number of hydrogen-bond acceptors (Lipinski definition) is 4. The number of likely N-dealkylation sites (tertiary alicyclic amines) is 1. The minimum atomic E-state index is -0.734. The van der Waals surface area contributed by atoms with Gasteiger partial charge in [0.1, 0.15) is 11.5 Å². The summed E-state index contributed by atoms with van der Waals surface area (Å²) in [6.45, 7) is 2.90. The van der Waals surface area contributed by atoms with Crippen molar-refractivity contribution in [3.63, 3.8) is 0 Å². The molecule has 3 aromatic rings. The second-order valence-corrected chi connectivity index (χ2v) is 7.87. The van der Waals surface area contributed by atoms with E-state index in [2.05, 4.69) is 10.5 Å². The van der Waals surface area contributed by atoms with E-state index < -0.39 is 5.41 Å². The Bertz CT molecular complexity index is 1060. The number of aryl methyl sites for hydroxylation is 1. The Hall–Kier alpha value is -3.41. The first-order valence-electron chi connectivity index (χ1n) is 10.1. The molecule has 4 rings (SSSR count). The Labute approximate surface area is 175 Å². The lowest BCUT2D eigenvalue weighted by Crippen LogP contribution is -2.44. The molecule has 0 aliphatic carbocycles.